The number of hydrogen-bond donors (Lipinski definition) is 2. The Morgan fingerprint density at radius 2 is 2.23 bits per heavy atom. The second-order valence-electron chi connectivity index (χ2n) is 2.58. The van der Waals surface area contributed by atoms with Crippen LogP contribution in [0.5, 0.6) is 5.75 Å². The molecule has 0 amide bonds. The topological polar surface area (TPSA) is 65.5 Å². The largest absolute Gasteiger partial charge is 0.504 e. The maximum Gasteiger partial charge on any atom is 0.218 e. The van der Waals surface area contributed by atoms with Gasteiger partial charge in [0, 0.05) is 9.86 Å². The van der Waals surface area contributed by atoms with Crippen molar-refractivity contribution in [3.05, 3.63) is 27.6 Å². The van der Waals surface area contributed by atoms with Crippen molar-refractivity contribution < 1.29 is 5.11 Å². The highest BCUT2D eigenvalue weighted by atomic mass is 79.9. The van der Waals surface area contributed by atoms with E-state index < -0.39 is 0 Å². The third-order valence-corrected chi connectivity index (χ3v) is 2.49. The predicted octanol–water partition coefficient (Wildman–Crippen LogP) is 3.03. The van der Waals surface area contributed by atoms with Crippen LogP contribution in [-0.2, 0) is 0 Å². The maximum atomic E-state index is 10.3. The molecule has 0 unspecified atom stereocenters. The Kier molecular flexibility index (Phi) is 1.81. The van der Waals surface area contributed by atoms with Gasteiger partial charge in [0.25, 0.3) is 0 Å². The minimum Gasteiger partial charge on any atom is -0.504 e. The number of halogens is 1. The molecule has 1 heterocycles. The van der Waals surface area contributed by atoms with E-state index in [9.17, 15) is 10.0 Å². The lowest BCUT2D eigenvalue weighted by Gasteiger charge is -1.91. The van der Waals surface area contributed by atoms with Gasteiger partial charge in [-0.05, 0) is 33.2 Å². The number of nitroso groups, excluding NO2 is 1. The molecule has 0 saturated carbocycles. The molecule has 0 radical (unpaired) electrons. The molecule has 0 aliphatic carbocycles. The molecule has 4 nitrogen and oxygen atoms in total. The minimum atomic E-state index is -0.105. The van der Waals surface area contributed by atoms with E-state index in [2.05, 4.69) is 26.1 Å². The number of H-pyrrole nitrogens is 1. The van der Waals surface area contributed by atoms with Gasteiger partial charge >= 0.3 is 0 Å². The Labute approximate surface area is 81.7 Å². The SMILES string of the molecule is O=Nc1[nH]c2c(Br)cccc2c1O. The van der Waals surface area contributed by atoms with E-state index in [-0.39, 0.29) is 11.6 Å². The van der Waals surface area contributed by atoms with Gasteiger partial charge in [0.2, 0.25) is 5.82 Å². The Bertz CT molecular complexity index is 478. The molecular weight excluding hydrogens is 236 g/mol. The van der Waals surface area contributed by atoms with Crippen LogP contribution in [0.2, 0.25) is 0 Å². The molecular formula is C8H5BrN2O2. The summed E-state index contributed by atoms with van der Waals surface area (Å²) in [5, 5.41) is 12.7. The molecule has 0 spiro atoms. The Morgan fingerprint density at radius 3 is 2.85 bits per heavy atom. The first-order valence-corrected chi connectivity index (χ1v) is 4.36. The molecule has 5 heteroatoms. The highest BCUT2D eigenvalue weighted by Gasteiger charge is 2.11. The molecule has 0 aliphatic heterocycles. The second kappa shape index (κ2) is 2.85. The number of aromatic nitrogens is 1. The van der Waals surface area contributed by atoms with E-state index in [4.69, 9.17) is 0 Å². The summed E-state index contributed by atoms with van der Waals surface area (Å²) in [4.78, 5) is 13.0. The maximum absolute atomic E-state index is 10.3. The van der Waals surface area contributed by atoms with Crippen LogP contribution >= 0.6 is 15.9 Å². The normalized spacial score (nSPS) is 10.5. The predicted molar refractivity (Wildman–Crippen MR) is 53.1 cm³/mol. The molecule has 13 heavy (non-hydrogen) atoms. The molecule has 2 N–H and O–H groups in total. The summed E-state index contributed by atoms with van der Waals surface area (Å²) in [6.07, 6.45) is 0. The van der Waals surface area contributed by atoms with Crippen LogP contribution in [0.4, 0.5) is 5.82 Å². The third-order valence-electron chi connectivity index (χ3n) is 1.83. The van der Waals surface area contributed by atoms with Crippen molar-refractivity contribution in [1.82, 2.24) is 4.98 Å². The van der Waals surface area contributed by atoms with Crippen molar-refractivity contribution in [1.29, 1.82) is 0 Å². The van der Waals surface area contributed by atoms with Crippen LogP contribution in [0.1, 0.15) is 0 Å². The smallest absolute Gasteiger partial charge is 0.218 e. The zero-order valence-corrected chi connectivity index (χ0v) is 8.00. The fourth-order valence-electron chi connectivity index (χ4n) is 1.22. The molecule has 66 valence electrons. The quantitative estimate of drug-likeness (QED) is 0.753. The van der Waals surface area contributed by atoms with Gasteiger partial charge in [-0.25, -0.2) is 0 Å². The third kappa shape index (κ3) is 1.12. The average Bonchev–Trinajstić information content (AvgIpc) is 2.45. The average molecular weight is 241 g/mol. The number of benzene rings is 1. The van der Waals surface area contributed by atoms with Crippen LogP contribution in [0, 0.1) is 4.91 Å². The van der Waals surface area contributed by atoms with Crippen molar-refractivity contribution in [2.45, 2.75) is 0 Å². The molecule has 0 atom stereocenters. The van der Waals surface area contributed by atoms with Gasteiger partial charge in [-0.2, -0.15) is 0 Å². The molecule has 0 saturated heterocycles. The van der Waals surface area contributed by atoms with Gasteiger partial charge in [0.15, 0.2) is 5.75 Å². The Hall–Kier alpha value is -1.36. The van der Waals surface area contributed by atoms with Gasteiger partial charge in [-0.1, -0.05) is 6.07 Å². The zero-order valence-electron chi connectivity index (χ0n) is 6.41. The van der Waals surface area contributed by atoms with E-state index in [0.717, 1.165) is 4.47 Å². The molecule has 0 aliphatic rings. The zero-order chi connectivity index (χ0) is 9.42. The lowest BCUT2D eigenvalue weighted by Crippen LogP contribution is -1.68. The Morgan fingerprint density at radius 1 is 1.46 bits per heavy atom. The van der Waals surface area contributed by atoms with Crippen molar-refractivity contribution in [2.24, 2.45) is 5.18 Å². The minimum absolute atomic E-state index is 0.0399. The van der Waals surface area contributed by atoms with E-state index in [1.165, 1.54) is 0 Å². The van der Waals surface area contributed by atoms with Crippen LogP contribution in [0.15, 0.2) is 27.8 Å². The van der Waals surface area contributed by atoms with E-state index in [1.807, 2.05) is 6.07 Å². The molecule has 0 bridgehead atoms. The number of nitrogens with one attached hydrogen (secondary N) is 1. The van der Waals surface area contributed by atoms with Gasteiger partial charge in [0.1, 0.15) is 0 Å². The number of nitrogens with zero attached hydrogens (tertiary/aromatic N) is 1. The number of aromatic hydroxyl groups is 1. The van der Waals surface area contributed by atoms with Crippen molar-refractivity contribution in [3.63, 3.8) is 0 Å². The monoisotopic (exact) mass is 240 g/mol. The molecule has 0 fully saturated rings. The van der Waals surface area contributed by atoms with Gasteiger partial charge < -0.3 is 10.1 Å². The summed E-state index contributed by atoms with van der Waals surface area (Å²) in [6, 6.07) is 5.29. The number of fused-ring (bicyclic) bond motifs is 1. The summed E-state index contributed by atoms with van der Waals surface area (Å²) >= 11 is 3.29. The van der Waals surface area contributed by atoms with Gasteiger partial charge in [-0.3, -0.25) is 0 Å². The highest BCUT2D eigenvalue weighted by Crippen LogP contribution is 2.37. The van der Waals surface area contributed by atoms with Gasteiger partial charge in [0.05, 0.1) is 5.52 Å². The van der Waals surface area contributed by atoms with Crippen LogP contribution in [-0.4, -0.2) is 10.1 Å². The molecule has 2 aromatic rings. The van der Waals surface area contributed by atoms with E-state index >= 15 is 0 Å². The Balaban J connectivity index is 2.91. The first kappa shape index (κ1) is 8.25. The number of para-hydroxylation sites is 1. The number of aromatic amines is 1. The lowest BCUT2D eigenvalue weighted by atomic mass is 10.2. The molecule has 1 aromatic carbocycles. The van der Waals surface area contributed by atoms with Crippen LogP contribution < -0.4 is 0 Å². The number of rotatable bonds is 1. The molecule has 2 rings (SSSR count). The van der Waals surface area contributed by atoms with Gasteiger partial charge in [-0.15, -0.1) is 4.91 Å². The number of hydrogen-bond acceptors (Lipinski definition) is 3. The second-order valence-corrected chi connectivity index (χ2v) is 3.43. The first-order chi connectivity index (χ1) is 6.24. The van der Waals surface area contributed by atoms with Crippen molar-refractivity contribution >= 4 is 32.7 Å². The summed E-state index contributed by atoms with van der Waals surface area (Å²) < 4.78 is 0.787. The summed E-state index contributed by atoms with van der Waals surface area (Å²) in [5.41, 5.74) is 0.676. The summed E-state index contributed by atoms with van der Waals surface area (Å²) in [7, 11) is 0. The van der Waals surface area contributed by atoms with Crippen LogP contribution in [0.3, 0.4) is 0 Å². The lowest BCUT2D eigenvalue weighted by molar-refractivity contribution is 0.483. The van der Waals surface area contributed by atoms with Crippen LogP contribution in [0.25, 0.3) is 10.9 Å². The summed E-state index contributed by atoms with van der Waals surface area (Å²) in [5.74, 6) is -0.145. The highest BCUT2D eigenvalue weighted by molar-refractivity contribution is 9.10. The van der Waals surface area contributed by atoms with E-state index in [1.54, 1.807) is 12.1 Å². The van der Waals surface area contributed by atoms with Crippen molar-refractivity contribution in [3.8, 4) is 5.75 Å². The van der Waals surface area contributed by atoms with Crippen molar-refractivity contribution in [2.75, 3.05) is 0 Å². The van der Waals surface area contributed by atoms with E-state index in [0.29, 0.717) is 10.9 Å². The summed E-state index contributed by atoms with van der Waals surface area (Å²) in [6.45, 7) is 0. The first-order valence-electron chi connectivity index (χ1n) is 3.56. The fraction of sp³-hybridized carbons (Fsp3) is 0. The fourth-order valence-corrected chi connectivity index (χ4v) is 1.69. The molecule has 1 aromatic heterocycles. The standard InChI is InChI=1S/C8H5BrN2O2/c9-5-3-1-2-4-6(5)10-8(11-13)7(4)12/h1-3,10,12H.